The maximum atomic E-state index is 13.5. The molecule has 2 rings (SSSR count). The van der Waals surface area contributed by atoms with Crippen LogP contribution in [0.4, 0.5) is 14.5 Å². The number of nitrogens with zero attached hydrogens (tertiary/aromatic N) is 1. The third kappa shape index (κ3) is 4.55. The second-order valence-electron chi connectivity index (χ2n) is 5.06. The normalized spacial score (nSPS) is 11.3. The zero-order valence-electron chi connectivity index (χ0n) is 13.0. The third-order valence-corrected chi connectivity index (χ3v) is 5.54. The van der Waals surface area contributed by atoms with Gasteiger partial charge in [-0.1, -0.05) is 0 Å². The predicted molar refractivity (Wildman–Crippen MR) is 91.1 cm³/mol. The molecule has 0 spiro atoms. The first kappa shape index (κ1) is 18.4. The number of thioether (sulfide) groups is 1. The highest BCUT2D eigenvalue weighted by Gasteiger charge is 2.14. The Hall–Kier alpha value is -1.93. The molecule has 0 fully saturated rings. The molecule has 0 heterocycles. The van der Waals surface area contributed by atoms with Crippen LogP contribution in [0.2, 0.25) is 0 Å². The number of Topliss-reactive ketones (excluding diaryl/α,β-unsaturated/α-hetero) is 1. The largest absolute Gasteiger partial charge is 0.293 e. The molecule has 0 N–H and O–H groups in total. The van der Waals surface area contributed by atoms with Crippen molar-refractivity contribution < 1.29 is 22.0 Å². The van der Waals surface area contributed by atoms with Gasteiger partial charge in [-0.2, -0.15) is 0 Å². The van der Waals surface area contributed by atoms with E-state index < -0.39 is 21.7 Å². The Labute approximate surface area is 143 Å². The molecule has 2 aromatic rings. The first-order valence-electron chi connectivity index (χ1n) is 6.83. The number of sulfonamides is 1. The Morgan fingerprint density at radius 2 is 1.75 bits per heavy atom. The third-order valence-electron chi connectivity index (χ3n) is 3.30. The van der Waals surface area contributed by atoms with Gasteiger partial charge in [-0.3, -0.25) is 9.10 Å². The van der Waals surface area contributed by atoms with E-state index in [4.69, 9.17) is 0 Å². The van der Waals surface area contributed by atoms with Crippen LogP contribution in [0.25, 0.3) is 0 Å². The number of halogens is 2. The summed E-state index contributed by atoms with van der Waals surface area (Å²) in [5.74, 6) is -1.47. The van der Waals surface area contributed by atoms with Crippen molar-refractivity contribution in [2.75, 3.05) is 23.4 Å². The molecule has 0 radical (unpaired) electrons. The van der Waals surface area contributed by atoms with Gasteiger partial charge < -0.3 is 0 Å². The Bertz CT molecular complexity index is 852. The van der Waals surface area contributed by atoms with Gasteiger partial charge in [-0.05, 0) is 42.5 Å². The highest BCUT2D eigenvalue weighted by Crippen LogP contribution is 2.24. The van der Waals surface area contributed by atoms with E-state index in [0.717, 1.165) is 40.5 Å². The van der Waals surface area contributed by atoms with Gasteiger partial charge in [0.2, 0.25) is 10.0 Å². The molecule has 0 atom stereocenters. The van der Waals surface area contributed by atoms with Crippen LogP contribution >= 0.6 is 11.8 Å². The van der Waals surface area contributed by atoms with E-state index in [9.17, 15) is 22.0 Å². The molecule has 24 heavy (non-hydrogen) atoms. The molecule has 0 aromatic heterocycles. The van der Waals surface area contributed by atoms with Crippen molar-refractivity contribution in [2.45, 2.75) is 4.90 Å². The SMILES string of the molecule is CN(c1ccc(C(=O)CSc2cc(F)ccc2F)cc1)S(C)(=O)=O. The molecular weight excluding hydrogens is 356 g/mol. The monoisotopic (exact) mass is 371 g/mol. The van der Waals surface area contributed by atoms with Crippen LogP contribution in [0.1, 0.15) is 10.4 Å². The Morgan fingerprint density at radius 3 is 2.33 bits per heavy atom. The van der Waals surface area contributed by atoms with Crippen molar-refractivity contribution in [2.24, 2.45) is 0 Å². The average Bonchev–Trinajstić information content (AvgIpc) is 2.54. The van der Waals surface area contributed by atoms with Crippen molar-refractivity contribution in [3.8, 4) is 0 Å². The Kier molecular flexibility index (Phi) is 5.61. The Balaban J connectivity index is 2.07. The summed E-state index contributed by atoms with van der Waals surface area (Å²) in [6.07, 6.45) is 1.08. The number of hydrogen-bond acceptors (Lipinski definition) is 4. The fourth-order valence-electron chi connectivity index (χ4n) is 1.86. The summed E-state index contributed by atoms with van der Waals surface area (Å²) >= 11 is 0.908. The lowest BCUT2D eigenvalue weighted by molar-refractivity contribution is 0.102. The van der Waals surface area contributed by atoms with Gasteiger partial charge in [0.1, 0.15) is 11.6 Å². The number of hydrogen-bond donors (Lipinski definition) is 0. The molecule has 0 amide bonds. The first-order chi connectivity index (χ1) is 11.2. The minimum absolute atomic E-state index is 0.0539. The van der Waals surface area contributed by atoms with E-state index in [-0.39, 0.29) is 16.4 Å². The summed E-state index contributed by atoms with van der Waals surface area (Å²) in [7, 11) is -1.97. The van der Waals surface area contributed by atoms with Gasteiger partial charge in [0.05, 0.1) is 17.7 Å². The summed E-state index contributed by atoms with van der Waals surface area (Å²) < 4.78 is 50.6. The van der Waals surface area contributed by atoms with Gasteiger partial charge in [0.15, 0.2) is 5.78 Å². The molecule has 8 heteroatoms. The zero-order valence-corrected chi connectivity index (χ0v) is 14.6. The van der Waals surface area contributed by atoms with Crippen LogP contribution in [-0.2, 0) is 10.0 Å². The minimum Gasteiger partial charge on any atom is -0.293 e. The quantitative estimate of drug-likeness (QED) is 0.577. The van der Waals surface area contributed by atoms with E-state index >= 15 is 0 Å². The maximum Gasteiger partial charge on any atom is 0.231 e. The smallest absolute Gasteiger partial charge is 0.231 e. The van der Waals surface area contributed by atoms with E-state index in [1.165, 1.54) is 31.3 Å². The number of anilines is 1. The molecular formula is C16H15F2NO3S2. The van der Waals surface area contributed by atoms with E-state index in [0.29, 0.717) is 11.3 Å². The number of benzene rings is 2. The van der Waals surface area contributed by atoms with Gasteiger partial charge in [-0.25, -0.2) is 17.2 Å². The van der Waals surface area contributed by atoms with Gasteiger partial charge >= 0.3 is 0 Å². The predicted octanol–water partition coefficient (Wildman–Crippen LogP) is 3.34. The molecule has 4 nitrogen and oxygen atoms in total. The molecule has 0 aliphatic rings. The van der Waals surface area contributed by atoms with Crippen LogP contribution in [0, 0.1) is 11.6 Å². The topological polar surface area (TPSA) is 54.5 Å². The molecule has 0 saturated heterocycles. The lowest BCUT2D eigenvalue weighted by Gasteiger charge is -2.16. The maximum absolute atomic E-state index is 13.5. The molecule has 0 aliphatic heterocycles. The summed E-state index contributed by atoms with van der Waals surface area (Å²) in [5, 5.41) is 0. The van der Waals surface area contributed by atoms with Gasteiger partial charge in [0, 0.05) is 17.5 Å². The lowest BCUT2D eigenvalue weighted by Crippen LogP contribution is -2.24. The summed E-state index contributed by atoms with van der Waals surface area (Å²) in [6, 6.07) is 9.10. The van der Waals surface area contributed by atoms with Crippen molar-refractivity contribution in [1.82, 2.24) is 0 Å². The van der Waals surface area contributed by atoms with Crippen molar-refractivity contribution >= 4 is 33.3 Å². The van der Waals surface area contributed by atoms with Crippen molar-refractivity contribution in [3.63, 3.8) is 0 Å². The molecule has 0 aliphatic carbocycles. The minimum atomic E-state index is -3.38. The number of ketones is 1. The number of rotatable bonds is 6. The first-order valence-corrected chi connectivity index (χ1v) is 9.67. The summed E-state index contributed by atoms with van der Waals surface area (Å²) in [6.45, 7) is 0. The fraction of sp³-hybridized carbons (Fsp3) is 0.188. The zero-order chi connectivity index (χ0) is 17.9. The average molecular weight is 371 g/mol. The van der Waals surface area contributed by atoms with Crippen molar-refractivity contribution in [3.05, 3.63) is 59.7 Å². The Morgan fingerprint density at radius 1 is 1.12 bits per heavy atom. The molecule has 128 valence electrons. The second-order valence-corrected chi connectivity index (χ2v) is 8.09. The van der Waals surface area contributed by atoms with Crippen molar-refractivity contribution in [1.29, 1.82) is 0 Å². The lowest BCUT2D eigenvalue weighted by atomic mass is 10.1. The molecule has 0 bridgehead atoms. The second kappa shape index (κ2) is 7.31. The van der Waals surface area contributed by atoms with E-state index in [1.54, 1.807) is 0 Å². The highest BCUT2D eigenvalue weighted by molar-refractivity contribution is 8.00. The van der Waals surface area contributed by atoms with E-state index in [2.05, 4.69) is 0 Å². The molecule has 2 aromatic carbocycles. The fourth-order valence-corrected chi connectivity index (χ4v) is 3.22. The van der Waals surface area contributed by atoms with Gasteiger partial charge in [0.25, 0.3) is 0 Å². The van der Waals surface area contributed by atoms with Crippen LogP contribution in [0.5, 0.6) is 0 Å². The number of carbonyl (C=O) groups is 1. The van der Waals surface area contributed by atoms with Crippen LogP contribution < -0.4 is 4.31 Å². The number of carbonyl (C=O) groups excluding carboxylic acids is 1. The highest BCUT2D eigenvalue weighted by atomic mass is 32.2. The van der Waals surface area contributed by atoms with Crippen LogP contribution in [0.3, 0.4) is 0 Å². The van der Waals surface area contributed by atoms with Gasteiger partial charge in [-0.15, -0.1) is 11.8 Å². The molecule has 0 saturated carbocycles. The summed E-state index contributed by atoms with van der Waals surface area (Å²) in [5.41, 5.74) is 0.794. The van der Waals surface area contributed by atoms with Crippen LogP contribution in [0.15, 0.2) is 47.4 Å². The molecule has 0 unspecified atom stereocenters. The standard InChI is InChI=1S/C16H15F2NO3S2/c1-19(24(2,21)22)13-6-3-11(4-7-13)15(20)10-23-16-9-12(17)5-8-14(16)18/h3-9H,10H2,1-2H3. The van der Waals surface area contributed by atoms with Crippen LogP contribution in [-0.4, -0.2) is 33.3 Å². The summed E-state index contributed by atoms with van der Waals surface area (Å²) in [4.78, 5) is 12.2. The van der Waals surface area contributed by atoms with E-state index in [1.807, 2.05) is 0 Å².